The fraction of sp³-hybridized carbons (Fsp3) is 0.714. The highest BCUT2D eigenvalue weighted by atomic mass is 32.1. The molecule has 0 unspecified atom stereocenters. The Kier molecular flexibility index (Phi) is 1.77. The number of rotatable bonds is 2. The van der Waals surface area contributed by atoms with Crippen LogP contribution in [0.1, 0.15) is 19.3 Å². The minimum Gasteiger partial charge on any atom is -0.347 e. The summed E-state index contributed by atoms with van der Waals surface area (Å²) < 4.78 is 0. The molecule has 1 aliphatic carbocycles. The highest BCUT2D eigenvalue weighted by molar-refractivity contribution is 7.13. The van der Waals surface area contributed by atoms with Crippen LogP contribution in [0.2, 0.25) is 0 Å². The van der Waals surface area contributed by atoms with Crippen molar-refractivity contribution in [2.45, 2.75) is 25.3 Å². The maximum atomic E-state index is 4.01. The topological polar surface area (TPSA) is 29.0 Å². The molecule has 0 aromatic carbocycles. The molecule has 1 heterocycles. The van der Waals surface area contributed by atoms with Crippen LogP contribution in [-0.2, 0) is 0 Å². The van der Waals surface area contributed by atoms with E-state index < -0.39 is 0 Å². The Hall–Kier alpha value is -0.640. The van der Waals surface area contributed by atoms with E-state index in [0.717, 1.165) is 11.2 Å². The minimum atomic E-state index is 0.725. The first kappa shape index (κ1) is 7.03. The maximum Gasteiger partial charge on any atom is 0.208 e. The van der Waals surface area contributed by atoms with E-state index in [2.05, 4.69) is 22.1 Å². The van der Waals surface area contributed by atoms with Gasteiger partial charge in [0, 0.05) is 13.1 Å². The second kappa shape index (κ2) is 2.77. The van der Waals surface area contributed by atoms with Gasteiger partial charge in [-0.05, 0) is 19.3 Å². The summed E-state index contributed by atoms with van der Waals surface area (Å²) in [6.45, 7) is 0. The Labute approximate surface area is 70.1 Å². The van der Waals surface area contributed by atoms with Crippen molar-refractivity contribution in [3.63, 3.8) is 0 Å². The smallest absolute Gasteiger partial charge is 0.208 e. The van der Waals surface area contributed by atoms with Gasteiger partial charge in [0.25, 0.3) is 0 Å². The lowest BCUT2D eigenvalue weighted by Crippen LogP contribution is -2.36. The van der Waals surface area contributed by atoms with Gasteiger partial charge < -0.3 is 4.90 Å². The summed E-state index contributed by atoms with van der Waals surface area (Å²) >= 11 is 1.61. The van der Waals surface area contributed by atoms with Crippen molar-refractivity contribution >= 4 is 16.5 Å². The third-order valence-electron chi connectivity index (χ3n) is 2.27. The zero-order valence-electron chi connectivity index (χ0n) is 6.53. The lowest BCUT2D eigenvalue weighted by atomic mass is 9.92. The monoisotopic (exact) mass is 169 g/mol. The van der Waals surface area contributed by atoms with Crippen LogP contribution >= 0.6 is 11.3 Å². The molecule has 0 atom stereocenters. The summed E-state index contributed by atoms with van der Waals surface area (Å²) in [5.74, 6) is 0. The van der Waals surface area contributed by atoms with E-state index in [1.165, 1.54) is 19.3 Å². The molecule has 0 aliphatic heterocycles. The first-order valence-electron chi connectivity index (χ1n) is 3.87. The second-order valence-corrected chi connectivity index (χ2v) is 3.73. The molecule has 0 radical (unpaired) electrons. The highest BCUT2D eigenvalue weighted by Crippen LogP contribution is 2.28. The molecule has 1 aromatic rings. The largest absolute Gasteiger partial charge is 0.347 e. The fourth-order valence-electron chi connectivity index (χ4n) is 1.25. The molecule has 0 saturated heterocycles. The van der Waals surface area contributed by atoms with Crippen molar-refractivity contribution in [2.24, 2.45) is 0 Å². The van der Waals surface area contributed by atoms with Crippen LogP contribution in [0.15, 0.2) is 5.51 Å². The summed E-state index contributed by atoms with van der Waals surface area (Å²) in [4.78, 5) is 2.24. The summed E-state index contributed by atoms with van der Waals surface area (Å²) in [6.07, 6.45) is 4.00. The van der Waals surface area contributed by atoms with E-state index in [4.69, 9.17) is 0 Å². The van der Waals surface area contributed by atoms with Gasteiger partial charge in [-0.1, -0.05) is 11.3 Å². The van der Waals surface area contributed by atoms with Crippen molar-refractivity contribution in [3.05, 3.63) is 5.51 Å². The van der Waals surface area contributed by atoms with Gasteiger partial charge in [0.2, 0.25) is 5.13 Å². The fourth-order valence-corrected chi connectivity index (χ4v) is 1.85. The Morgan fingerprint density at radius 3 is 2.91 bits per heavy atom. The number of hydrogen-bond donors (Lipinski definition) is 0. The van der Waals surface area contributed by atoms with Crippen molar-refractivity contribution in [2.75, 3.05) is 11.9 Å². The van der Waals surface area contributed by atoms with E-state index in [-0.39, 0.29) is 0 Å². The lowest BCUT2D eigenvalue weighted by molar-refractivity contribution is 0.400. The molecule has 60 valence electrons. The summed E-state index contributed by atoms with van der Waals surface area (Å²) in [5, 5.41) is 8.88. The summed E-state index contributed by atoms with van der Waals surface area (Å²) in [7, 11) is 2.10. The van der Waals surface area contributed by atoms with Crippen LogP contribution in [0, 0.1) is 0 Å². The molecule has 11 heavy (non-hydrogen) atoms. The third kappa shape index (κ3) is 1.22. The van der Waals surface area contributed by atoms with Crippen LogP contribution < -0.4 is 4.90 Å². The average Bonchev–Trinajstić information content (AvgIpc) is 2.32. The first-order valence-corrected chi connectivity index (χ1v) is 4.75. The van der Waals surface area contributed by atoms with Gasteiger partial charge >= 0.3 is 0 Å². The van der Waals surface area contributed by atoms with Crippen molar-refractivity contribution in [1.29, 1.82) is 0 Å². The standard InChI is InChI=1S/C7H11N3S/c1-10(6-3-2-4-6)7-9-8-5-11-7/h5-6H,2-4H2,1H3. The molecule has 0 amide bonds. The second-order valence-electron chi connectivity index (χ2n) is 2.92. The SMILES string of the molecule is CN(c1nncs1)C1CCC1. The van der Waals surface area contributed by atoms with Gasteiger partial charge in [-0.25, -0.2) is 0 Å². The van der Waals surface area contributed by atoms with E-state index in [9.17, 15) is 0 Å². The normalized spacial score (nSPS) is 17.9. The predicted octanol–water partition coefficient (Wildman–Crippen LogP) is 1.53. The Bertz CT molecular complexity index is 218. The van der Waals surface area contributed by atoms with Crippen LogP contribution in [0.5, 0.6) is 0 Å². The minimum absolute atomic E-state index is 0.725. The van der Waals surface area contributed by atoms with Gasteiger partial charge in [0.05, 0.1) is 0 Å². The summed E-state index contributed by atoms with van der Waals surface area (Å²) in [5.41, 5.74) is 1.78. The molecular weight excluding hydrogens is 158 g/mol. The van der Waals surface area contributed by atoms with Gasteiger partial charge in [0.1, 0.15) is 5.51 Å². The molecule has 3 nitrogen and oxygen atoms in total. The Morgan fingerprint density at radius 2 is 2.45 bits per heavy atom. The molecule has 0 spiro atoms. The molecule has 1 saturated carbocycles. The molecule has 1 aromatic heterocycles. The van der Waals surface area contributed by atoms with E-state index in [0.29, 0.717) is 0 Å². The lowest BCUT2D eigenvalue weighted by Gasteiger charge is -2.34. The number of hydrogen-bond acceptors (Lipinski definition) is 4. The quantitative estimate of drug-likeness (QED) is 0.672. The van der Waals surface area contributed by atoms with Crippen molar-refractivity contribution in [1.82, 2.24) is 10.2 Å². The van der Waals surface area contributed by atoms with Crippen LogP contribution in [-0.4, -0.2) is 23.3 Å². The molecule has 0 N–H and O–H groups in total. The third-order valence-corrected chi connectivity index (χ3v) is 3.05. The Balaban J connectivity index is 2.04. The maximum absolute atomic E-state index is 4.01. The molecule has 2 rings (SSSR count). The highest BCUT2D eigenvalue weighted by Gasteiger charge is 2.23. The van der Waals surface area contributed by atoms with Crippen molar-refractivity contribution in [3.8, 4) is 0 Å². The van der Waals surface area contributed by atoms with Crippen LogP contribution in [0.3, 0.4) is 0 Å². The number of aromatic nitrogens is 2. The molecule has 1 aliphatic rings. The molecule has 1 fully saturated rings. The zero-order chi connectivity index (χ0) is 7.68. The first-order chi connectivity index (χ1) is 5.38. The molecule has 0 bridgehead atoms. The zero-order valence-corrected chi connectivity index (χ0v) is 7.34. The van der Waals surface area contributed by atoms with Crippen LogP contribution in [0.4, 0.5) is 5.13 Å². The van der Waals surface area contributed by atoms with Gasteiger partial charge in [0.15, 0.2) is 0 Å². The van der Waals surface area contributed by atoms with Crippen molar-refractivity contribution < 1.29 is 0 Å². The number of nitrogens with zero attached hydrogens (tertiary/aromatic N) is 3. The summed E-state index contributed by atoms with van der Waals surface area (Å²) in [6, 6.07) is 0.725. The van der Waals surface area contributed by atoms with E-state index in [1.807, 2.05) is 0 Å². The Morgan fingerprint density at radius 1 is 1.64 bits per heavy atom. The average molecular weight is 169 g/mol. The van der Waals surface area contributed by atoms with E-state index >= 15 is 0 Å². The van der Waals surface area contributed by atoms with Gasteiger partial charge in [-0.2, -0.15) is 0 Å². The van der Waals surface area contributed by atoms with Gasteiger partial charge in [-0.15, -0.1) is 10.2 Å². The predicted molar refractivity (Wildman–Crippen MR) is 46.0 cm³/mol. The van der Waals surface area contributed by atoms with Gasteiger partial charge in [-0.3, -0.25) is 0 Å². The molecule has 4 heteroatoms. The van der Waals surface area contributed by atoms with Crippen LogP contribution in [0.25, 0.3) is 0 Å². The number of anilines is 1. The molecular formula is C7H11N3S. The van der Waals surface area contributed by atoms with E-state index in [1.54, 1.807) is 16.8 Å².